The molecule has 3 aromatic rings. The van der Waals surface area contributed by atoms with Gasteiger partial charge in [0.2, 0.25) is 0 Å². The smallest absolute Gasteiger partial charge is 0.141 e. The van der Waals surface area contributed by atoms with Gasteiger partial charge in [0.1, 0.15) is 23.8 Å². The van der Waals surface area contributed by atoms with Crippen molar-refractivity contribution in [2.75, 3.05) is 36.1 Å². The first-order valence-corrected chi connectivity index (χ1v) is 10.1. The first-order valence-electron chi connectivity index (χ1n) is 9.30. The summed E-state index contributed by atoms with van der Waals surface area (Å²) in [7, 11) is 0. The van der Waals surface area contributed by atoms with Crippen LogP contribution in [0.2, 0.25) is 0 Å². The van der Waals surface area contributed by atoms with Gasteiger partial charge in [-0.25, -0.2) is 19.9 Å². The second-order valence-electron chi connectivity index (χ2n) is 7.15. The lowest BCUT2D eigenvalue weighted by Gasteiger charge is -2.44. The molecular weight excluding hydrogens is 374 g/mol. The third-order valence-electron chi connectivity index (χ3n) is 5.50. The van der Waals surface area contributed by atoms with E-state index in [0.29, 0.717) is 11.6 Å². The molecule has 0 atom stereocenters. The van der Waals surface area contributed by atoms with Crippen molar-refractivity contribution in [2.24, 2.45) is 0 Å². The van der Waals surface area contributed by atoms with Gasteiger partial charge in [-0.1, -0.05) is 0 Å². The van der Waals surface area contributed by atoms with Gasteiger partial charge in [0.05, 0.1) is 35.2 Å². The van der Waals surface area contributed by atoms with E-state index >= 15 is 0 Å². The lowest BCUT2D eigenvalue weighted by atomic mass is 9.82. The van der Waals surface area contributed by atoms with Crippen LogP contribution in [-0.2, 0) is 16.8 Å². The lowest BCUT2D eigenvalue weighted by Crippen LogP contribution is -2.46. The van der Waals surface area contributed by atoms with Crippen molar-refractivity contribution in [3.8, 4) is 10.6 Å². The van der Waals surface area contributed by atoms with Crippen molar-refractivity contribution in [1.29, 1.82) is 0 Å². The minimum atomic E-state index is -0.237. The van der Waals surface area contributed by atoms with Crippen LogP contribution in [0, 0.1) is 0 Å². The van der Waals surface area contributed by atoms with Crippen LogP contribution in [0.25, 0.3) is 10.6 Å². The van der Waals surface area contributed by atoms with Crippen LogP contribution >= 0.6 is 11.3 Å². The fraction of sp³-hybridized carbons (Fsp3) is 0.368. The summed E-state index contributed by atoms with van der Waals surface area (Å²) in [5, 5.41) is 0. The maximum Gasteiger partial charge on any atom is 0.141 e. The molecule has 1 saturated heterocycles. The summed E-state index contributed by atoms with van der Waals surface area (Å²) in [6.45, 7) is 2.48. The molecule has 0 saturated carbocycles. The molecule has 5 rings (SSSR count). The number of nitrogen functional groups attached to an aromatic ring is 2. The molecule has 2 aliphatic heterocycles. The van der Waals surface area contributed by atoms with Gasteiger partial charge in [0.15, 0.2) is 0 Å². The molecule has 1 fully saturated rings. The van der Waals surface area contributed by atoms with E-state index < -0.39 is 0 Å². The molecule has 0 aromatic carbocycles. The van der Waals surface area contributed by atoms with Crippen LogP contribution in [0.3, 0.4) is 0 Å². The third-order valence-corrected chi connectivity index (χ3v) is 6.72. The number of rotatable bonds is 2. The molecule has 0 amide bonds. The van der Waals surface area contributed by atoms with Crippen LogP contribution < -0.4 is 16.4 Å². The SMILES string of the molecule is Nc1cnc(-c2cc3c(s2)CCOC32CCN(c3cc(N)ncn3)CC2)cn1. The third kappa shape index (κ3) is 2.96. The Morgan fingerprint density at radius 1 is 1.00 bits per heavy atom. The Kier molecular flexibility index (Phi) is 4.13. The van der Waals surface area contributed by atoms with E-state index in [4.69, 9.17) is 16.2 Å². The van der Waals surface area contributed by atoms with Crippen molar-refractivity contribution >= 4 is 28.8 Å². The van der Waals surface area contributed by atoms with Gasteiger partial charge in [-0.05, 0) is 24.5 Å². The van der Waals surface area contributed by atoms with Crippen molar-refractivity contribution < 1.29 is 4.74 Å². The fourth-order valence-electron chi connectivity index (χ4n) is 4.05. The molecule has 2 aliphatic rings. The quantitative estimate of drug-likeness (QED) is 0.678. The number of nitrogens with two attached hydrogens (primary N) is 2. The highest BCUT2D eigenvalue weighted by atomic mass is 32.1. The Balaban J connectivity index is 1.41. The van der Waals surface area contributed by atoms with Crippen LogP contribution in [-0.4, -0.2) is 39.6 Å². The van der Waals surface area contributed by atoms with Gasteiger partial charge < -0.3 is 21.1 Å². The number of aromatic nitrogens is 4. The molecule has 4 N–H and O–H groups in total. The Bertz CT molecular complexity index is 996. The van der Waals surface area contributed by atoms with Crippen molar-refractivity contribution in [3.63, 3.8) is 0 Å². The van der Waals surface area contributed by atoms with E-state index in [1.54, 1.807) is 23.7 Å². The molecule has 8 nitrogen and oxygen atoms in total. The summed E-state index contributed by atoms with van der Waals surface area (Å²) in [6, 6.07) is 4.06. The van der Waals surface area contributed by atoms with Gasteiger partial charge >= 0.3 is 0 Å². The largest absolute Gasteiger partial charge is 0.384 e. The zero-order valence-electron chi connectivity index (χ0n) is 15.3. The lowest BCUT2D eigenvalue weighted by molar-refractivity contribution is -0.0757. The van der Waals surface area contributed by atoms with Gasteiger partial charge in [0, 0.05) is 30.5 Å². The van der Waals surface area contributed by atoms with Crippen molar-refractivity contribution in [3.05, 3.63) is 41.3 Å². The Hall–Kier alpha value is -2.78. The topological polar surface area (TPSA) is 116 Å². The van der Waals surface area contributed by atoms with Gasteiger partial charge in [-0.15, -0.1) is 11.3 Å². The predicted octanol–water partition coefficient (Wildman–Crippen LogP) is 2.23. The molecule has 0 bridgehead atoms. The zero-order valence-corrected chi connectivity index (χ0v) is 16.2. The van der Waals surface area contributed by atoms with E-state index in [2.05, 4.69) is 30.9 Å². The second-order valence-corrected chi connectivity index (χ2v) is 8.29. The molecule has 144 valence electrons. The van der Waals surface area contributed by atoms with Crippen molar-refractivity contribution in [2.45, 2.75) is 24.9 Å². The monoisotopic (exact) mass is 395 g/mol. The van der Waals surface area contributed by atoms with Gasteiger partial charge in [0.25, 0.3) is 0 Å². The Labute approximate surface area is 166 Å². The number of piperidine rings is 1. The van der Waals surface area contributed by atoms with Crippen LogP contribution in [0.15, 0.2) is 30.9 Å². The number of anilines is 3. The summed E-state index contributed by atoms with van der Waals surface area (Å²) >= 11 is 1.79. The number of thiophene rings is 1. The predicted molar refractivity (Wildman–Crippen MR) is 109 cm³/mol. The molecule has 9 heteroatoms. The molecule has 0 aliphatic carbocycles. The minimum absolute atomic E-state index is 0.237. The van der Waals surface area contributed by atoms with E-state index in [0.717, 1.165) is 55.3 Å². The average Bonchev–Trinajstić information content (AvgIpc) is 3.15. The first kappa shape index (κ1) is 17.3. The van der Waals surface area contributed by atoms with E-state index in [9.17, 15) is 0 Å². The number of fused-ring (bicyclic) bond motifs is 2. The highest BCUT2D eigenvalue weighted by Gasteiger charge is 2.42. The fourth-order valence-corrected chi connectivity index (χ4v) is 5.25. The normalized spacial score (nSPS) is 18.2. The number of nitrogens with zero attached hydrogens (tertiary/aromatic N) is 5. The molecule has 28 heavy (non-hydrogen) atoms. The first-order chi connectivity index (χ1) is 13.6. The molecule has 5 heterocycles. The molecular formula is C19H21N7OS. The van der Waals surface area contributed by atoms with Crippen LogP contribution in [0.1, 0.15) is 23.3 Å². The van der Waals surface area contributed by atoms with Crippen molar-refractivity contribution in [1.82, 2.24) is 19.9 Å². The number of hydrogen-bond acceptors (Lipinski definition) is 9. The average molecular weight is 395 g/mol. The Morgan fingerprint density at radius 2 is 1.86 bits per heavy atom. The van der Waals surface area contributed by atoms with Gasteiger partial charge in [-0.2, -0.15) is 0 Å². The number of ether oxygens (including phenoxy) is 1. The summed E-state index contributed by atoms with van der Waals surface area (Å²) in [6.07, 6.45) is 7.62. The Morgan fingerprint density at radius 3 is 2.61 bits per heavy atom. The zero-order chi connectivity index (χ0) is 19.1. The number of hydrogen-bond donors (Lipinski definition) is 2. The van der Waals surface area contributed by atoms with E-state index in [1.165, 1.54) is 16.8 Å². The van der Waals surface area contributed by atoms with E-state index in [1.807, 2.05) is 6.07 Å². The maximum absolute atomic E-state index is 6.38. The highest BCUT2D eigenvalue weighted by Crippen LogP contribution is 2.46. The minimum Gasteiger partial charge on any atom is -0.384 e. The molecule has 1 spiro atoms. The van der Waals surface area contributed by atoms with Crippen LogP contribution in [0.4, 0.5) is 17.5 Å². The van der Waals surface area contributed by atoms with Gasteiger partial charge in [-0.3, -0.25) is 0 Å². The standard InChI is InChI=1S/C19H21N7OS/c20-16-8-18(25-11-24-16)26-4-2-19(3-5-26)12-7-15(28-14(12)1-6-27-19)13-9-23-17(21)10-22-13/h7-11H,1-6H2,(H2,21,23)(H2,20,24,25). The maximum atomic E-state index is 6.38. The highest BCUT2D eigenvalue weighted by molar-refractivity contribution is 7.15. The molecule has 0 unspecified atom stereocenters. The van der Waals surface area contributed by atoms with E-state index in [-0.39, 0.29) is 5.60 Å². The molecule has 3 aromatic heterocycles. The van der Waals surface area contributed by atoms with Crippen LogP contribution in [0.5, 0.6) is 0 Å². The summed E-state index contributed by atoms with van der Waals surface area (Å²) in [5.41, 5.74) is 13.4. The summed E-state index contributed by atoms with van der Waals surface area (Å²) in [4.78, 5) is 21.7. The summed E-state index contributed by atoms with van der Waals surface area (Å²) < 4.78 is 6.38. The molecule has 0 radical (unpaired) electrons. The summed E-state index contributed by atoms with van der Waals surface area (Å²) in [5.74, 6) is 1.80. The second kappa shape index (κ2) is 6.68.